The summed E-state index contributed by atoms with van der Waals surface area (Å²) in [4.78, 5) is 15.0. The average Bonchev–Trinajstić information content (AvgIpc) is 2.75. The van der Waals surface area contributed by atoms with Gasteiger partial charge in [-0.15, -0.1) is 0 Å². The molecule has 0 radical (unpaired) electrons. The largest absolute Gasteiger partial charge is 0.361 e. The van der Waals surface area contributed by atoms with E-state index in [4.69, 9.17) is 0 Å². The van der Waals surface area contributed by atoms with Crippen molar-refractivity contribution in [2.75, 3.05) is 13.1 Å². The minimum atomic E-state index is 0.145. The summed E-state index contributed by atoms with van der Waals surface area (Å²) in [7, 11) is 0. The van der Waals surface area contributed by atoms with E-state index in [0.717, 1.165) is 25.0 Å². The molecule has 0 saturated carbocycles. The molecule has 0 spiro atoms. The van der Waals surface area contributed by atoms with Crippen LogP contribution in [0.15, 0.2) is 30.5 Å². The van der Waals surface area contributed by atoms with E-state index >= 15 is 0 Å². The number of aromatic amines is 1. The van der Waals surface area contributed by atoms with Crippen LogP contribution in [0.4, 0.5) is 0 Å². The van der Waals surface area contributed by atoms with Crippen molar-refractivity contribution < 1.29 is 4.79 Å². The standard InChI is InChI=1S/C14H17N3O/c18-14(17-11-8-15-9-11)6-5-10-7-16-13-4-2-1-3-12(10)13/h1-4,7,11,15-16H,5-6,8-9H2,(H,17,18). The Kier molecular flexibility index (Phi) is 3.02. The van der Waals surface area contributed by atoms with Crippen LogP contribution in [-0.4, -0.2) is 30.0 Å². The summed E-state index contributed by atoms with van der Waals surface area (Å²) in [5.74, 6) is 0.145. The second-order valence-corrected chi connectivity index (χ2v) is 4.78. The minimum absolute atomic E-state index is 0.145. The van der Waals surface area contributed by atoms with Gasteiger partial charge in [0.15, 0.2) is 0 Å². The number of rotatable bonds is 4. The maximum Gasteiger partial charge on any atom is 0.220 e. The highest BCUT2D eigenvalue weighted by molar-refractivity contribution is 5.84. The normalized spacial score (nSPS) is 15.6. The summed E-state index contributed by atoms with van der Waals surface area (Å²) >= 11 is 0. The highest BCUT2D eigenvalue weighted by Gasteiger charge is 2.18. The maximum atomic E-state index is 11.7. The lowest BCUT2D eigenvalue weighted by Crippen LogP contribution is -2.56. The lowest BCUT2D eigenvalue weighted by molar-refractivity contribution is -0.122. The van der Waals surface area contributed by atoms with Gasteiger partial charge < -0.3 is 15.6 Å². The third kappa shape index (κ3) is 2.24. The van der Waals surface area contributed by atoms with Crippen LogP contribution in [0.5, 0.6) is 0 Å². The summed E-state index contributed by atoms with van der Waals surface area (Å²) in [5, 5.41) is 7.37. The van der Waals surface area contributed by atoms with E-state index in [1.807, 2.05) is 18.3 Å². The summed E-state index contributed by atoms with van der Waals surface area (Å²) in [5.41, 5.74) is 2.35. The molecule has 1 fully saturated rings. The fourth-order valence-corrected chi connectivity index (χ4v) is 2.28. The molecule has 2 aromatic rings. The summed E-state index contributed by atoms with van der Waals surface area (Å²) in [6.07, 6.45) is 3.34. The Balaban J connectivity index is 1.60. The van der Waals surface area contributed by atoms with Gasteiger partial charge in [-0.1, -0.05) is 18.2 Å². The van der Waals surface area contributed by atoms with E-state index < -0.39 is 0 Å². The van der Waals surface area contributed by atoms with Crippen LogP contribution in [0.1, 0.15) is 12.0 Å². The number of para-hydroxylation sites is 1. The Labute approximate surface area is 106 Å². The van der Waals surface area contributed by atoms with Gasteiger partial charge in [-0.25, -0.2) is 0 Å². The van der Waals surface area contributed by atoms with E-state index in [1.165, 1.54) is 10.9 Å². The SMILES string of the molecule is O=C(CCc1c[nH]c2ccccc12)NC1CNC1. The van der Waals surface area contributed by atoms with Gasteiger partial charge in [0.25, 0.3) is 0 Å². The van der Waals surface area contributed by atoms with Crippen molar-refractivity contribution in [1.82, 2.24) is 15.6 Å². The second-order valence-electron chi connectivity index (χ2n) is 4.78. The van der Waals surface area contributed by atoms with Crippen molar-refractivity contribution in [2.24, 2.45) is 0 Å². The number of benzene rings is 1. The summed E-state index contributed by atoms with van der Waals surface area (Å²) in [6, 6.07) is 8.52. The van der Waals surface area contributed by atoms with Crippen LogP contribution in [-0.2, 0) is 11.2 Å². The molecule has 4 nitrogen and oxygen atoms in total. The lowest BCUT2D eigenvalue weighted by Gasteiger charge is -2.27. The zero-order valence-corrected chi connectivity index (χ0v) is 10.2. The molecule has 0 atom stereocenters. The van der Waals surface area contributed by atoms with Crippen molar-refractivity contribution in [2.45, 2.75) is 18.9 Å². The highest BCUT2D eigenvalue weighted by Crippen LogP contribution is 2.18. The number of aryl methyl sites for hydroxylation is 1. The Bertz CT molecular complexity index is 557. The Morgan fingerprint density at radius 3 is 2.94 bits per heavy atom. The molecule has 0 bridgehead atoms. The number of hydrogen-bond donors (Lipinski definition) is 3. The van der Waals surface area contributed by atoms with E-state index in [0.29, 0.717) is 12.5 Å². The van der Waals surface area contributed by atoms with Gasteiger partial charge in [0, 0.05) is 36.6 Å². The van der Waals surface area contributed by atoms with Crippen molar-refractivity contribution >= 4 is 16.8 Å². The molecule has 1 amide bonds. The smallest absolute Gasteiger partial charge is 0.220 e. The topological polar surface area (TPSA) is 56.9 Å². The number of hydrogen-bond acceptors (Lipinski definition) is 2. The first-order chi connectivity index (χ1) is 8.83. The number of H-pyrrole nitrogens is 1. The maximum absolute atomic E-state index is 11.7. The van der Waals surface area contributed by atoms with Gasteiger partial charge in [-0.05, 0) is 18.1 Å². The third-order valence-electron chi connectivity index (χ3n) is 3.44. The van der Waals surface area contributed by atoms with Crippen molar-refractivity contribution in [1.29, 1.82) is 0 Å². The zero-order valence-electron chi connectivity index (χ0n) is 10.2. The molecule has 2 heterocycles. The van der Waals surface area contributed by atoms with Gasteiger partial charge in [-0.2, -0.15) is 0 Å². The molecule has 18 heavy (non-hydrogen) atoms. The van der Waals surface area contributed by atoms with E-state index in [2.05, 4.69) is 27.8 Å². The van der Waals surface area contributed by atoms with E-state index in [9.17, 15) is 4.79 Å². The van der Waals surface area contributed by atoms with Gasteiger partial charge in [0.1, 0.15) is 0 Å². The van der Waals surface area contributed by atoms with E-state index in [1.54, 1.807) is 0 Å². The average molecular weight is 243 g/mol. The molecule has 3 N–H and O–H groups in total. The zero-order chi connectivity index (χ0) is 12.4. The van der Waals surface area contributed by atoms with Crippen LogP contribution in [0, 0.1) is 0 Å². The molecule has 1 aliphatic rings. The summed E-state index contributed by atoms with van der Waals surface area (Å²) < 4.78 is 0. The second kappa shape index (κ2) is 4.82. The molecule has 1 aromatic carbocycles. The molecule has 4 heteroatoms. The van der Waals surface area contributed by atoms with Crippen molar-refractivity contribution in [3.05, 3.63) is 36.0 Å². The van der Waals surface area contributed by atoms with Crippen LogP contribution in [0.3, 0.4) is 0 Å². The summed E-state index contributed by atoms with van der Waals surface area (Å²) in [6.45, 7) is 1.80. The number of carbonyl (C=O) groups excluding carboxylic acids is 1. The number of carbonyl (C=O) groups is 1. The quantitative estimate of drug-likeness (QED) is 0.755. The Hall–Kier alpha value is -1.81. The predicted molar refractivity (Wildman–Crippen MR) is 71.4 cm³/mol. The molecule has 1 aromatic heterocycles. The first-order valence-corrected chi connectivity index (χ1v) is 6.38. The van der Waals surface area contributed by atoms with Crippen LogP contribution < -0.4 is 10.6 Å². The van der Waals surface area contributed by atoms with Crippen LogP contribution in [0.25, 0.3) is 10.9 Å². The number of nitrogens with one attached hydrogen (secondary N) is 3. The fourth-order valence-electron chi connectivity index (χ4n) is 2.28. The Morgan fingerprint density at radius 1 is 1.33 bits per heavy atom. The van der Waals surface area contributed by atoms with Crippen LogP contribution in [0.2, 0.25) is 0 Å². The first kappa shape index (κ1) is 11.3. The van der Waals surface area contributed by atoms with Gasteiger partial charge in [0.2, 0.25) is 5.91 Å². The predicted octanol–water partition coefficient (Wildman–Crippen LogP) is 1.19. The first-order valence-electron chi connectivity index (χ1n) is 6.38. The van der Waals surface area contributed by atoms with Crippen LogP contribution >= 0.6 is 0 Å². The number of aromatic nitrogens is 1. The molecule has 94 valence electrons. The van der Waals surface area contributed by atoms with Gasteiger partial charge >= 0.3 is 0 Å². The minimum Gasteiger partial charge on any atom is -0.361 e. The molecule has 1 saturated heterocycles. The van der Waals surface area contributed by atoms with Crippen molar-refractivity contribution in [3.63, 3.8) is 0 Å². The fraction of sp³-hybridized carbons (Fsp3) is 0.357. The monoisotopic (exact) mass is 243 g/mol. The van der Waals surface area contributed by atoms with E-state index in [-0.39, 0.29) is 5.91 Å². The number of amides is 1. The highest BCUT2D eigenvalue weighted by atomic mass is 16.1. The molecular formula is C14H17N3O. The van der Waals surface area contributed by atoms with Gasteiger partial charge in [0.05, 0.1) is 6.04 Å². The van der Waals surface area contributed by atoms with Crippen molar-refractivity contribution in [3.8, 4) is 0 Å². The van der Waals surface area contributed by atoms with Gasteiger partial charge in [-0.3, -0.25) is 4.79 Å². The third-order valence-corrected chi connectivity index (χ3v) is 3.44. The molecule has 3 rings (SSSR count). The lowest BCUT2D eigenvalue weighted by atomic mass is 10.1. The number of fused-ring (bicyclic) bond motifs is 1. The molecular weight excluding hydrogens is 226 g/mol. The Morgan fingerprint density at radius 2 is 2.17 bits per heavy atom. The molecule has 1 aliphatic heterocycles. The molecule has 0 aliphatic carbocycles. The molecule has 0 unspecified atom stereocenters.